The van der Waals surface area contributed by atoms with Gasteiger partial charge in [0.1, 0.15) is 5.25 Å². The van der Waals surface area contributed by atoms with E-state index in [0.717, 1.165) is 24.3 Å². The first-order chi connectivity index (χ1) is 17.2. The molecule has 3 rings (SSSR count). The highest BCUT2D eigenvalue weighted by molar-refractivity contribution is 7.92. The molecule has 0 aliphatic rings. The van der Waals surface area contributed by atoms with Gasteiger partial charge in [-0.2, -0.15) is 13.2 Å². The van der Waals surface area contributed by atoms with E-state index in [0.29, 0.717) is 0 Å². The number of nitrogens with one attached hydrogen (secondary N) is 1. The average molecular weight is 556 g/mol. The average Bonchev–Trinajstić information content (AvgIpc) is 3.25. The van der Waals surface area contributed by atoms with Crippen LogP contribution in [-0.2, 0) is 35.4 Å². The SMILES string of the molecule is C=CCS(=O)(=O)c1ccc(C(C=C)S(=O)(=O)C(OC(=O)CC)c2cc3cc(C(F)(F)F)ccc3[nH]2)cc1. The first-order valence-electron chi connectivity index (χ1n) is 10.9. The molecule has 7 nitrogen and oxygen atoms in total. The number of benzene rings is 2. The van der Waals surface area contributed by atoms with Crippen LogP contribution in [0.1, 0.15) is 40.9 Å². The molecule has 3 aromatic rings. The summed E-state index contributed by atoms with van der Waals surface area (Å²) < 4.78 is 96.6. The molecule has 2 aromatic carbocycles. The summed E-state index contributed by atoms with van der Waals surface area (Å²) in [5.74, 6) is -1.15. The maximum Gasteiger partial charge on any atom is 0.416 e. The number of carbonyl (C=O) groups excluding carboxylic acids is 1. The van der Waals surface area contributed by atoms with Crippen molar-refractivity contribution < 1.29 is 39.5 Å². The van der Waals surface area contributed by atoms with Crippen molar-refractivity contribution in [3.8, 4) is 0 Å². The van der Waals surface area contributed by atoms with Crippen molar-refractivity contribution in [1.82, 2.24) is 4.98 Å². The van der Waals surface area contributed by atoms with Gasteiger partial charge in [-0.25, -0.2) is 16.8 Å². The summed E-state index contributed by atoms with van der Waals surface area (Å²) in [5, 5.41) is -1.36. The number of carbonyl (C=O) groups is 1. The Labute approximate surface area is 212 Å². The van der Waals surface area contributed by atoms with Gasteiger partial charge in [0.15, 0.2) is 9.84 Å². The molecular weight excluding hydrogens is 531 g/mol. The standard InChI is InChI=1S/C25H24F3NO6S2/c1-4-13-36(31,32)19-10-7-16(8-11-19)22(5-2)37(33,34)24(35-23(30)6-3)21-15-17-14-18(25(26,27)28)9-12-20(17)29-21/h4-5,7-12,14-15,22,24,29H,1-2,6,13H2,3H3. The summed E-state index contributed by atoms with van der Waals surface area (Å²) in [6.45, 7) is 8.44. The fraction of sp³-hybridized carbons (Fsp3) is 0.240. The number of hydrogen-bond donors (Lipinski definition) is 1. The lowest BCUT2D eigenvalue weighted by atomic mass is 10.1. The van der Waals surface area contributed by atoms with E-state index in [-0.39, 0.29) is 39.2 Å². The molecule has 0 bridgehead atoms. The van der Waals surface area contributed by atoms with E-state index in [4.69, 9.17) is 4.74 Å². The van der Waals surface area contributed by atoms with Crippen molar-refractivity contribution >= 4 is 36.5 Å². The van der Waals surface area contributed by atoms with Gasteiger partial charge in [0.05, 0.1) is 21.9 Å². The van der Waals surface area contributed by atoms with Crippen molar-refractivity contribution in [3.05, 3.63) is 90.7 Å². The molecule has 0 spiro atoms. The number of esters is 1. The van der Waals surface area contributed by atoms with Gasteiger partial charge in [-0.15, -0.1) is 13.2 Å². The van der Waals surface area contributed by atoms with Crippen LogP contribution in [0.4, 0.5) is 13.2 Å². The first-order valence-corrected chi connectivity index (χ1v) is 14.2. The minimum Gasteiger partial charge on any atom is -0.439 e. The molecule has 198 valence electrons. The summed E-state index contributed by atoms with van der Waals surface area (Å²) in [6.07, 6.45) is -2.44. The number of H-pyrrole nitrogens is 1. The molecule has 0 aliphatic heterocycles. The zero-order chi connectivity index (χ0) is 27.6. The second-order valence-corrected chi connectivity index (χ2v) is 12.2. The van der Waals surface area contributed by atoms with Crippen molar-refractivity contribution in [2.24, 2.45) is 0 Å². The van der Waals surface area contributed by atoms with E-state index in [1.807, 2.05) is 0 Å². The number of alkyl halides is 3. The van der Waals surface area contributed by atoms with Crippen LogP contribution in [0.25, 0.3) is 10.9 Å². The predicted molar refractivity (Wildman–Crippen MR) is 133 cm³/mol. The quantitative estimate of drug-likeness (QED) is 0.264. The number of hydrogen-bond acceptors (Lipinski definition) is 6. The Kier molecular flexibility index (Phi) is 8.03. The Morgan fingerprint density at radius 3 is 2.24 bits per heavy atom. The van der Waals surface area contributed by atoms with Crippen LogP contribution in [0, 0.1) is 0 Å². The Morgan fingerprint density at radius 1 is 1.05 bits per heavy atom. The summed E-state index contributed by atoms with van der Waals surface area (Å²) in [4.78, 5) is 14.9. The minimum absolute atomic E-state index is 0.0404. The smallest absolute Gasteiger partial charge is 0.416 e. The van der Waals surface area contributed by atoms with Crippen LogP contribution in [0.2, 0.25) is 0 Å². The van der Waals surface area contributed by atoms with Gasteiger partial charge in [0.2, 0.25) is 15.3 Å². The third kappa shape index (κ3) is 5.96. The number of aromatic nitrogens is 1. The lowest BCUT2D eigenvalue weighted by Gasteiger charge is -2.22. The van der Waals surface area contributed by atoms with Gasteiger partial charge in [-0.1, -0.05) is 31.2 Å². The number of halogens is 3. The van der Waals surface area contributed by atoms with Crippen LogP contribution in [0.5, 0.6) is 0 Å². The summed E-state index contributed by atoms with van der Waals surface area (Å²) in [5.41, 5.74) is -2.60. The summed E-state index contributed by atoms with van der Waals surface area (Å²) in [7, 11) is -8.10. The molecule has 0 radical (unpaired) electrons. The molecular formula is C25H24F3NO6S2. The van der Waals surface area contributed by atoms with Crippen molar-refractivity contribution in [2.75, 3.05) is 5.75 Å². The highest BCUT2D eigenvalue weighted by atomic mass is 32.2. The van der Waals surface area contributed by atoms with Gasteiger partial charge >= 0.3 is 12.1 Å². The second-order valence-electron chi connectivity index (χ2n) is 8.08. The Bertz CT molecular complexity index is 1540. The molecule has 0 saturated heterocycles. The molecule has 37 heavy (non-hydrogen) atoms. The topological polar surface area (TPSA) is 110 Å². The third-order valence-electron chi connectivity index (χ3n) is 5.52. The van der Waals surface area contributed by atoms with Crippen LogP contribution < -0.4 is 0 Å². The lowest BCUT2D eigenvalue weighted by Crippen LogP contribution is -2.24. The van der Waals surface area contributed by atoms with Crippen LogP contribution in [-0.4, -0.2) is 33.5 Å². The monoisotopic (exact) mass is 555 g/mol. The van der Waals surface area contributed by atoms with Gasteiger partial charge in [-0.3, -0.25) is 4.79 Å². The fourth-order valence-electron chi connectivity index (χ4n) is 3.68. The predicted octanol–water partition coefficient (Wildman–Crippen LogP) is 5.44. The summed E-state index contributed by atoms with van der Waals surface area (Å²) >= 11 is 0. The van der Waals surface area contributed by atoms with Crippen LogP contribution in [0.3, 0.4) is 0 Å². The molecule has 1 heterocycles. The first kappa shape index (κ1) is 28.2. The molecule has 0 amide bonds. The molecule has 1 N–H and O–H groups in total. The number of aromatic amines is 1. The van der Waals surface area contributed by atoms with Crippen molar-refractivity contribution in [3.63, 3.8) is 0 Å². The van der Waals surface area contributed by atoms with E-state index < -0.39 is 48.1 Å². The minimum atomic E-state index is -4.61. The van der Waals surface area contributed by atoms with E-state index >= 15 is 0 Å². The molecule has 2 unspecified atom stereocenters. The number of ether oxygens (including phenoxy) is 1. The van der Waals surface area contributed by atoms with E-state index in [1.165, 1.54) is 43.3 Å². The maximum absolute atomic E-state index is 13.7. The number of sulfone groups is 2. The molecule has 1 aromatic heterocycles. The van der Waals surface area contributed by atoms with Gasteiger partial charge in [0.25, 0.3) is 0 Å². The second kappa shape index (κ2) is 10.5. The largest absolute Gasteiger partial charge is 0.439 e. The molecule has 2 atom stereocenters. The van der Waals surface area contributed by atoms with Crippen molar-refractivity contribution in [2.45, 2.75) is 35.1 Å². The van der Waals surface area contributed by atoms with E-state index in [1.54, 1.807) is 0 Å². The van der Waals surface area contributed by atoms with Crippen molar-refractivity contribution in [1.29, 1.82) is 0 Å². The fourth-order valence-corrected chi connectivity index (χ4v) is 6.52. The number of rotatable bonds is 10. The highest BCUT2D eigenvalue weighted by Gasteiger charge is 2.39. The molecule has 0 fully saturated rings. The lowest BCUT2D eigenvalue weighted by molar-refractivity contribution is -0.145. The van der Waals surface area contributed by atoms with Gasteiger partial charge in [-0.05, 0) is 42.0 Å². The maximum atomic E-state index is 13.7. The Morgan fingerprint density at radius 2 is 1.70 bits per heavy atom. The van der Waals surface area contributed by atoms with E-state index in [2.05, 4.69) is 18.1 Å². The van der Waals surface area contributed by atoms with Crippen LogP contribution in [0.15, 0.2) is 78.7 Å². The number of fused-ring (bicyclic) bond motifs is 1. The molecule has 0 aliphatic carbocycles. The molecule has 12 heteroatoms. The molecule has 0 saturated carbocycles. The Hall–Kier alpha value is -3.38. The highest BCUT2D eigenvalue weighted by Crippen LogP contribution is 2.38. The zero-order valence-electron chi connectivity index (χ0n) is 19.7. The zero-order valence-corrected chi connectivity index (χ0v) is 21.3. The van der Waals surface area contributed by atoms with Crippen LogP contribution >= 0.6 is 0 Å². The van der Waals surface area contributed by atoms with Gasteiger partial charge in [0, 0.05) is 17.3 Å². The van der Waals surface area contributed by atoms with Gasteiger partial charge < -0.3 is 9.72 Å². The van der Waals surface area contributed by atoms with E-state index in [9.17, 15) is 34.8 Å². The Balaban J connectivity index is 2.09. The normalized spacial score (nSPS) is 14.2. The summed E-state index contributed by atoms with van der Waals surface area (Å²) in [6, 6.07) is 9.14. The third-order valence-corrected chi connectivity index (χ3v) is 9.31.